The number of piperidine rings is 1. The molecule has 2 aromatic rings. The highest BCUT2D eigenvalue weighted by atomic mass is 16.2. The number of anilines is 1. The van der Waals surface area contributed by atoms with Gasteiger partial charge in [-0.05, 0) is 50.2 Å². The Labute approximate surface area is 136 Å². The molecule has 4 heteroatoms. The van der Waals surface area contributed by atoms with Crippen molar-refractivity contribution in [1.29, 1.82) is 0 Å². The highest BCUT2D eigenvalue weighted by molar-refractivity contribution is 6.03. The average Bonchev–Trinajstić information content (AvgIpc) is 3.04. The number of para-hydroxylation sites is 1. The van der Waals surface area contributed by atoms with E-state index >= 15 is 0 Å². The molecule has 1 saturated heterocycles. The van der Waals surface area contributed by atoms with Crippen LogP contribution in [0.25, 0.3) is 10.9 Å². The first kappa shape index (κ1) is 14.6. The van der Waals surface area contributed by atoms with Gasteiger partial charge < -0.3 is 10.2 Å². The van der Waals surface area contributed by atoms with E-state index in [1.54, 1.807) is 0 Å². The molecule has 1 aromatic carbocycles. The summed E-state index contributed by atoms with van der Waals surface area (Å²) in [6.45, 7) is 2.84. The van der Waals surface area contributed by atoms with Gasteiger partial charge in [0.05, 0.1) is 24.3 Å². The fourth-order valence-electron chi connectivity index (χ4n) is 3.99. The number of amides is 1. The second kappa shape index (κ2) is 6.28. The molecule has 120 valence electrons. The molecule has 4 rings (SSSR count). The summed E-state index contributed by atoms with van der Waals surface area (Å²) in [5, 5.41) is 4.31. The van der Waals surface area contributed by atoms with Crippen molar-refractivity contribution in [3.05, 3.63) is 35.5 Å². The van der Waals surface area contributed by atoms with Gasteiger partial charge >= 0.3 is 0 Å². The standard InChI is InChI=1S/C19H23N3O/c23-18(13-22-11-4-1-5-12-22)21-19-14-7-2-3-9-16(14)20-17-10-6-8-15(17)19/h2-3,7,9H,1,4-6,8,10-13H2,(H,20,21,23)/p+1. The molecule has 1 aliphatic heterocycles. The maximum atomic E-state index is 12.6. The molecule has 0 spiro atoms. The van der Waals surface area contributed by atoms with Crippen molar-refractivity contribution in [3.8, 4) is 0 Å². The number of pyridine rings is 1. The smallest absolute Gasteiger partial charge is 0.279 e. The van der Waals surface area contributed by atoms with Crippen molar-refractivity contribution in [2.45, 2.75) is 38.5 Å². The van der Waals surface area contributed by atoms with E-state index in [4.69, 9.17) is 4.98 Å². The van der Waals surface area contributed by atoms with E-state index in [9.17, 15) is 4.79 Å². The highest BCUT2D eigenvalue weighted by Crippen LogP contribution is 2.33. The predicted molar refractivity (Wildman–Crippen MR) is 91.8 cm³/mol. The van der Waals surface area contributed by atoms with Gasteiger partial charge in [0, 0.05) is 11.1 Å². The largest absolute Gasteiger partial charge is 0.327 e. The van der Waals surface area contributed by atoms with Gasteiger partial charge in [0.15, 0.2) is 6.54 Å². The van der Waals surface area contributed by atoms with Crippen LogP contribution in [-0.4, -0.2) is 30.5 Å². The van der Waals surface area contributed by atoms with Gasteiger partial charge in [-0.15, -0.1) is 0 Å². The minimum Gasteiger partial charge on any atom is -0.327 e. The number of hydrogen-bond donors (Lipinski definition) is 2. The molecule has 2 aliphatic rings. The number of nitrogens with zero attached hydrogens (tertiary/aromatic N) is 1. The van der Waals surface area contributed by atoms with E-state index in [0.29, 0.717) is 6.54 Å². The quantitative estimate of drug-likeness (QED) is 0.907. The fraction of sp³-hybridized carbons (Fsp3) is 0.474. The molecule has 0 atom stereocenters. The molecule has 1 fully saturated rings. The minimum absolute atomic E-state index is 0.146. The van der Waals surface area contributed by atoms with Gasteiger partial charge in [-0.25, -0.2) is 0 Å². The van der Waals surface area contributed by atoms with E-state index in [2.05, 4.69) is 11.4 Å². The van der Waals surface area contributed by atoms with Gasteiger partial charge in [0.25, 0.3) is 5.91 Å². The van der Waals surface area contributed by atoms with Gasteiger partial charge in [0.1, 0.15) is 0 Å². The highest BCUT2D eigenvalue weighted by Gasteiger charge is 2.23. The zero-order valence-corrected chi connectivity index (χ0v) is 13.5. The second-order valence-electron chi connectivity index (χ2n) is 6.82. The zero-order valence-electron chi connectivity index (χ0n) is 13.5. The maximum Gasteiger partial charge on any atom is 0.279 e. The Morgan fingerprint density at radius 3 is 2.78 bits per heavy atom. The lowest BCUT2D eigenvalue weighted by atomic mass is 10.1. The Morgan fingerprint density at radius 1 is 1.09 bits per heavy atom. The number of quaternary nitrogens is 1. The summed E-state index contributed by atoms with van der Waals surface area (Å²) in [4.78, 5) is 18.8. The van der Waals surface area contributed by atoms with Crippen LogP contribution in [0, 0.1) is 0 Å². The van der Waals surface area contributed by atoms with E-state index < -0.39 is 0 Å². The lowest BCUT2D eigenvalue weighted by molar-refractivity contribution is -0.896. The molecule has 1 aliphatic carbocycles. The van der Waals surface area contributed by atoms with Crippen LogP contribution in [0.1, 0.15) is 36.9 Å². The van der Waals surface area contributed by atoms with Gasteiger partial charge in [-0.1, -0.05) is 18.2 Å². The van der Waals surface area contributed by atoms with Crippen LogP contribution in [0.2, 0.25) is 0 Å². The Kier molecular flexibility index (Phi) is 4.00. The van der Waals surface area contributed by atoms with E-state index in [-0.39, 0.29) is 5.91 Å². The van der Waals surface area contributed by atoms with Gasteiger partial charge in [0.2, 0.25) is 0 Å². The van der Waals surface area contributed by atoms with Crippen molar-refractivity contribution >= 4 is 22.5 Å². The monoisotopic (exact) mass is 310 g/mol. The first-order valence-corrected chi connectivity index (χ1v) is 8.85. The number of aryl methyl sites for hydroxylation is 1. The van der Waals surface area contributed by atoms with Crippen LogP contribution in [0.4, 0.5) is 5.69 Å². The number of carbonyl (C=O) groups excluding carboxylic acids is 1. The van der Waals surface area contributed by atoms with Crippen molar-refractivity contribution in [2.75, 3.05) is 25.0 Å². The van der Waals surface area contributed by atoms with Crippen LogP contribution >= 0.6 is 0 Å². The number of nitrogens with one attached hydrogen (secondary N) is 2. The molecule has 23 heavy (non-hydrogen) atoms. The van der Waals surface area contributed by atoms with Crippen LogP contribution in [0.15, 0.2) is 24.3 Å². The average molecular weight is 310 g/mol. The molecule has 0 saturated carbocycles. The first-order chi connectivity index (χ1) is 11.3. The van der Waals surface area contributed by atoms with E-state index in [1.165, 1.54) is 35.4 Å². The maximum absolute atomic E-state index is 12.6. The van der Waals surface area contributed by atoms with Gasteiger partial charge in [-0.3, -0.25) is 9.78 Å². The van der Waals surface area contributed by atoms with Crippen LogP contribution in [-0.2, 0) is 17.6 Å². The SMILES string of the molecule is O=C(C[NH+]1CCCCC1)Nc1c2c(nc3ccccc13)CCC2. The minimum atomic E-state index is 0.146. The number of benzene rings is 1. The molecule has 4 nitrogen and oxygen atoms in total. The summed E-state index contributed by atoms with van der Waals surface area (Å²) in [5.41, 5.74) is 4.44. The molecule has 2 N–H and O–H groups in total. The molecular formula is C19H24N3O+. The normalized spacial score (nSPS) is 18.1. The number of aromatic nitrogens is 1. The second-order valence-corrected chi connectivity index (χ2v) is 6.82. The van der Waals surface area contributed by atoms with Crippen molar-refractivity contribution < 1.29 is 9.69 Å². The Morgan fingerprint density at radius 2 is 1.91 bits per heavy atom. The number of likely N-dealkylation sites (tertiary alicyclic amines) is 1. The zero-order chi connectivity index (χ0) is 15.6. The number of hydrogen-bond acceptors (Lipinski definition) is 2. The molecular weight excluding hydrogens is 286 g/mol. The molecule has 0 unspecified atom stereocenters. The molecule has 2 heterocycles. The predicted octanol–water partition coefficient (Wildman–Crippen LogP) is 1.73. The lowest BCUT2D eigenvalue weighted by Crippen LogP contribution is -3.13. The van der Waals surface area contributed by atoms with E-state index in [0.717, 1.165) is 48.9 Å². The molecule has 0 radical (unpaired) electrons. The first-order valence-electron chi connectivity index (χ1n) is 8.85. The van der Waals surface area contributed by atoms with Crippen molar-refractivity contribution in [1.82, 2.24) is 4.98 Å². The Bertz CT molecular complexity index is 735. The third-order valence-corrected chi connectivity index (χ3v) is 5.15. The van der Waals surface area contributed by atoms with E-state index in [1.807, 2.05) is 18.2 Å². The Balaban J connectivity index is 1.61. The van der Waals surface area contributed by atoms with Gasteiger partial charge in [-0.2, -0.15) is 0 Å². The Hall–Kier alpha value is -1.94. The van der Waals surface area contributed by atoms with Crippen molar-refractivity contribution in [3.63, 3.8) is 0 Å². The van der Waals surface area contributed by atoms with Crippen molar-refractivity contribution in [2.24, 2.45) is 0 Å². The molecule has 1 aromatic heterocycles. The summed E-state index contributed by atoms with van der Waals surface area (Å²) in [6, 6.07) is 8.15. The summed E-state index contributed by atoms with van der Waals surface area (Å²) in [7, 11) is 0. The fourth-order valence-corrected chi connectivity index (χ4v) is 3.99. The van der Waals surface area contributed by atoms with Crippen LogP contribution < -0.4 is 10.2 Å². The van der Waals surface area contributed by atoms with Crippen LogP contribution in [0.5, 0.6) is 0 Å². The number of rotatable bonds is 3. The summed E-state index contributed by atoms with van der Waals surface area (Å²) < 4.78 is 0. The third-order valence-electron chi connectivity index (χ3n) is 5.15. The number of fused-ring (bicyclic) bond motifs is 2. The molecule has 0 bridgehead atoms. The summed E-state index contributed by atoms with van der Waals surface area (Å²) >= 11 is 0. The lowest BCUT2D eigenvalue weighted by Gasteiger charge is -2.23. The summed E-state index contributed by atoms with van der Waals surface area (Å²) in [5.74, 6) is 0.146. The summed E-state index contributed by atoms with van der Waals surface area (Å²) in [6.07, 6.45) is 7.00. The molecule has 1 amide bonds. The van der Waals surface area contributed by atoms with Crippen LogP contribution in [0.3, 0.4) is 0 Å². The topological polar surface area (TPSA) is 46.4 Å². The number of carbonyl (C=O) groups is 1. The third kappa shape index (κ3) is 2.95.